The van der Waals surface area contributed by atoms with Gasteiger partial charge in [0.25, 0.3) is 6.33 Å². The van der Waals surface area contributed by atoms with Gasteiger partial charge in [0.05, 0.1) is 0 Å². The second kappa shape index (κ2) is 11.2. The van der Waals surface area contributed by atoms with Gasteiger partial charge in [-0.2, -0.15) is 11.8 Å². The molecule has 0 N–H and O–H groups in total. The van der Waals surface area contributed by atoms with Gasteiger partial charge in [-0.1, -0.05) is 64.1 Å². The number of aromatic nitrogens is 2. The van der Waals surface area contributed by atoms with Gasteiger partial charge in [-0.25, -0.2) is 9.13 Å². The summed E-state index contributed by atoms with van der Waals surface area (Å²) in [6.45, 7) is 9.05. The van der Waals surface area contributed by atoms with Crippen LogP contribution in [0.5, 0.6) is 0 Å². The van der Waals surface area contributed by atoms with Gasteiger partial charge in [-0.05, 0) is 36.5 Å². The van der Waals surface area contributed by atoms with Crippen LogP contribution in [0.25, 0.3) is 11.4 Å². The number of nitrogens with zero attached hydrogens (tertiary/aromatic N) is 2. The molecule has 1 heterocycles. The molecular formula is C23H31ClN2S. The standard InChI is InChI=1S/C21H25N2.C2H6S.ClH/c1-16(2)19-11-8-12-20(17(3)4)21(19)23-14-13-22(15-23)18-9-6-5-7-10-18;1-3-2;/h5-17H,1-4H3;1-2H3;1H/q+1;;/p-1. The summed E-state index contributed by atoms with van der Waals surface area (Å²) in [5.41, 5.74) is 5.30. The van der Waals surface area contributed by atoms with Crippen LogP contribution in [0.3, 0.4) is 0 Å². The first-order valence-corrected chi connectivity index (χ1v) is 10.8. The number of benzene rings is 2. The lowest BCUT2D eigenvalue weighted by atomic mass is 9.92. The van der Waals surface area contributed by atoms with Crippen LogP contribution in [-0.2, 0) is 0 Å². The highest BCUT2D eigenvalue weighted by molar-refractivity contribution is 7.97. The Labute approximate surface area is 175 Å². The van der Waals surface area contributed by atoms with Gasteiger partial charge in [0.15, 0.2) is 0 Å². The highest BCUT2D eigenvalue weighted by Crippen LogP contribution is 2.27. The average molecular weight is 403 g/mol. The van der Waals surface area contributed by atoms with Gasteiger partial charge in [-0.3, -0.25) is 0 Å². The number of rotatable bonds is 4. The van der Waals surface area contributed by atoms with Crippen LogP contribution in [0.2, 0.25) is 0 Å². The Kier molecular flexibility index (Phi) is 9.68. The summed E-state index contributed by atoms with van der Waals surface area (Å²) < 4.78 is 4.43. The molecule has 0 saturated heterocycles. The lowest BCUT2D eigenvalue weighted by molar-refractivity contribution is -0.596. The van der Waals surface area contributed by atoms with E-state index in [1.165, 1.54) is 22.5 Å². The number of hydrogen-bond donors (Lipinski definition) is 0. The Hall–Kier alpha value is -1.71. The summed E-state index contributed by atoms with van der Waals surface area (Å²) >= 11 is 1.75. The van der Waals surface area contributed by atoms with E-state index >= 15 is 0 Å². The van der Waals surface area contributed by atoms with E-state index in [9.17, 15) is 0 Å². The van der Waals surface area contributed by atoms with Gasteiger partial charge in [0, 0.05) is 11.1 Å². The average Bonchev–Trinajstić information content (AvgIpc) is 3.12. The van der Waals surface area contributed by atoms with Crippen LogP contribution in [0.4, 0.5) is 0 Å². The molecule has 27 heavy (non-hydrogen) atoms. The van der Waals surface area contributed by atoms with Crippen LogP contribution in [-0.4, -0.2) is 17.1 Å². The second-order valence-corrected chi connectivity index (χ2v) is 7.88. The Balaban J connectivity index is 0.000000855. The van der Waals surface area contributed by atoms with E-state index in [0.29, 0.717) is 11.8 Å². The first-order valence-electron chi connectivity index (χ1n) is 9.17. The fraction of sp³-hybridized carbons (Fsp3) is 0.348. The maximum absolute atomic E-state index is 2.26. The van der Waals surface area contributed by atoms with E-state index < -0.39 is 0 Å². The van der Waals surface area contributed by atoms with Gasteiger partial charge < -0.3 is 12.4 Å². The molecule has 146 valence electrons. The minimum atomic E-state index is 0. The molecule has 0 aliphatic heterocycles. The largest absolute Gasteiger partial charge is 1.00 e. The fourth-order valence-electron chi connectivity index (χ4n) is 3.05. The van der Waals surface area contributed by atoms with Crippen LogP contribution in [0.15, 0.2) is 67.3 Å². The lowest BCUT2D eigenvalue weighted by Gasteiger charge is -2.16. The van der Waals surface area contributed by atoms with E-state index in [4.69, 9.17) is 0 Å². The van der Waals surface area contributed by atoms with Gasteiger partial charge in [-0.15, -0.1) is 0 Å². The molecule has 2 nitrogen and oxygen atoms in total. The Bertz CT molecular complexity index is 784. The van der Waals surface area contributed by atoms with Crippen molar-refractivity contribution in [2.45, 2.75) is 39.5 Å². The SMILES string of the molecule is CC(C)c1cccc(C(C)C)c1-[n+]1ccn(-c2ccccc2)c1.CSC.[Cl-]. The molecule has 0 amide bonds. The minimum Gasteiger partial charge on any atom is -1.00 e. The summed E-state index contributed by atoms with van der Waals surface area (Å²) in [6.07, 6.45) is 10.5. The molecule has 0 aliphatic rings. The van der Waals surface area contributed by atoms with Gasteiger partial charge in [0.1, 0.15) is 23.8 Å². The normalized spacial score (nSPS) is 10.4. The smallest absolute Gasteiger partial charge is 0.254 e. The maximum Gasteiger partial charge on any atom is 0.254 e. The van der Waals surface area contributed by atoms with Gasteiger partial charge in [0.2, 0.25) is 0 Å². The summed E-state index contributed by atoms with van der Waals surface area (Å²) in [6, 6.07) is 17.1. The summed E-state index contributed by atoms with van der Waals surface area (Å²) in [5.74, 6) is 0.993. The first-order chi connectivity index (χ1) is 12.5. The number of halogens is 1. The van der Waals surface area contributed by atoms with E-state index in [-0.39, 0.29) is 12.4 Å². The zero-order valence-electron chi connectivity index (χ0n) is 17.2. The third kappa shape index (κ3) is 5.88. The summed E-state index contributed by atoms with van der Waals surface area (Å²) in [4.78, 5) is 0. The third-order valence-electron chi connectivity index (χ3n) is 4.29. The monoisotopic (exact) mass is 402 g/mol. The number of imidazole rings is 1. The van der Waals surface area contributed by atoms with Crippen molar-refractivity contribution < 1.29 is 17.0 Å². The molecule has 0 radical (unpaired) electrons. The number of thioether (sulfide) groups is 1. The van der Waals surface area contributed by atoms with E-state index in [1.807, 2.05) is 18.6 Å². The fourth-order valence-corrected chi connectivity index (χ4v) is 3.05. The molecule has 1 aromatic heterocycles. The number of hydrogen-bond acceptors (Lipinski definition) is 1. The molecule has 3 rings (SSSR count). The molecule has 3 aromatic rings. The minimum absolute atomic E-state index is 0. The van der Waals surface area contributed by atoms with Crippen LogP contribution < -0.4 is 17.0 Å². The topological polar surface area (TPSA) is 8.81 Å². The van der Waals surface area contributed by atoms with Crippen molar-refractivity contribution in [3.63, 3.8) is 0 Å². The van der Waals surface area contributed by atoms with Gasteiger partial charge >= 0.3 is 0 Å². The van der Waals surface area contributed by atoms with E-state index in [1.54, 1.807) is 11.8 Å². The van der Waals surface area contributed by atoms with Crippen molar-refractivity contribution in [1.29, 1.82) is 0 Å². The molecule has 0 bridgehead atoms. The zero-order valence-corrected chi connectivity index (χ0v) is 18.8. The molecule has 0 aliphatic carbocycles. The van der Waals surface area contributed by atoms with Crippen LogP contribution in [0, 0.1) is 0 Å². The summed E-state index contributed by atoms with van der Waals surface area (Å²) in [7, 11) is 0. The lowest BCUT2D eigenvalue weighted by Crippen LogP contribution is -3.00. The molecule has 0 spiro atoms. The van der Waals surface area contributed by atoms with Crippen molar-refractivity contribution in [3.8, 4) is 11.4 Å². The van der Waals surface area contributed by atoms with Crippen molar-refractivity contribution in [3.05, 3.63) is 78.4 Å². The Morgan fingerprint density at radius 1 is 0.815 bits per heavy atom. The predicted molar refractivity (Wildman–Crippen MR) is 115 cm³/mol. The molecule has 0 unspecified atom stereocenters. The Morgan fingerprint density at radius 3 is 1.81 bits per heavy atom. The third-order valence-corrected chi connectivity index (χ3v) is 4.29. The number of para-hydroxylation sites is 2. The first kappa shape index (κ1) is 23.3. The van der Waals surface area contributed by atoms with E-state index in [2.05, 4.69) is 98.0 Å². The van der Waals surface area contributed by atoms with Crippen molar-refractivity contribution in [1.82, 2.24) is 4.57 Å². The van der Waals surface area contributed by atoms with Crippen molar-refractivity contribution in [2.24, 2.45) is 0 Å². The molecule has 0 atom stereocenters. The molecule has 0 fully saturated rings. The second-order valence-electron chi connectivity index (χ2n) is 7.07. The maximum atomic E-state index is 2.26. The van der Waals surface area contributed by atoms with Crippen molar-refractivity contribution in [2.75, 3.05) is 12.5 Å². The van der Waals surface area contributed by atoms with Crippen LogP contribution >= 0.6 is 11.8 Å². The van der Waals surface area contributed by atoms with Crippen molar-refractivity contribution >= 4 is 11.8 Å². The molecule has 0 saturated carbocycles. The quantitative estimate of drug-likeness (QED) is 0.609. The molecular weight excluding hydrogens is 372 g/mol. The molecule has 4 heteroatoms. The van der Waals surface area contributed by atoms with E-state index in [0.717, 1.165) is 0 Å². The highest BCUT2D eigenvalue weighted by Gasteiger charge is 2.20. The highest BCUT2D eigenvalue weighted by atomic mass is 35.5. The zero-order chi connectivity index (χ0) is 19.1. The predicted octanol–water partition coefficient (Wildman–Crippen LogP) is 2.98. The molecule has 2 aromatic carbocycles. The summed E-state index contributed by atoms with van der Waals surface area (Å²) in [5, 5.41) is 0. The Morgan fingerprint density at radius 2 is 1.33 bits per heavy atom. The van der Waals surface area contributed by atoms with Crippen LogP contribution in [0.1, 0.15) is 50.7 Å².